The molecule has 3 heterocycles. The first-order valence-electron chi connectivity index (χ1n) is 7.46. The maximum Gasteiger partial charge on any atom is 0.220 e. The zero-order chi connectivity index (χ0) is 13.9. The summed E-state index contributed by atoms with van der Waals surface area (Å²) in [6.07, 6.45) is 4.72. The highest BCUT2D eigenvalue weighted by Crippen LogP contribution is 2.30. The van der Waals surface area contributed by atoms with Crippen LogP contribution in [0.25, 0.3) is 0 Å². The van der Waals surface area contributed by atoms with Crippen molar-refractivity contribution in [3.8, 4) is 0 Å². The van der Waals surface area contributed by atoms with Crippen LogP contribution in [0, 0.1) is 5.92 Å². The van der Waals surface area contributed by atoms with Crippen LogP contribution in [0.4, 0.5) is 5.13 Å². The number of thiazole rings is 1. The van der Waals surface area contributed by atoms with Crippen molar-refractivity contribution in [1.29, 1.82) is 0 Å². The molecule has 2 atom stereocenters. The second-order valence-corrected chi connectivity index (χ2v) is 6.69. The Labute approximate surface area is 123 Å². The number of aromatic nitrogens is 1. The second-order valence-electron chi connectivity index (χ2n) is 5.60. The van der Waals surface area contributed by atoms with Gasteiger partial charge >= 0.3 is 0 Å². The van der Waals surface area contributed by atoms with Gasteiger partial charge in [-0.15, -0.1) is 11.3 Å². The quantitative estimate of drug-likeness (QED) is 0.880. The maximum atomic E-state index is 11.4. The molecule has 0 aromatic carbocycles. The third-order valence-electron chi connectivity index (χ3n) is 4.18. The first kappa shape index (κ1) is 13.8. The average Bonchev–Trinajstić information content (AvgIpc) is 2.93. The van der Waals surface area contributed by atoms with Crippen LogP contribution in [-0.4, -0.2) is 36.6 Å². The van der Waals surface area contributed by atoms with E-state index in [-0.39, 0.29) is 5.91 Å². The lowest BCUT2D eigenvalue weighted by Gasteiger charge is -2.41. The molecule has 1 aromatic heterocycles. The van der Waals surface area contributed by atoms with Gasteiger partial charge in [0, 0.05) is 43.2 Å². The van der Waals surface area contributed by atoms with E-state index in [0.29, 0.717) is 18.4 Å². The molecule has 2 aliphatic rings. The number of piperidine rings is 2. The van der Waals surface area contributed by atoms with E-state index in [1.165, 1.54) is 4.88 Å². The Kier molecular flexibility index (Phi) is 4.21. The first-order valence-corrected chi connectivity index (χ1v) is 8.27. The number of nitrogens with one attached hydrogen (secondary N) is 2. The van der Waals surface area contributed by atoms with Gasteiger partial charge in [0.15, 0.2) is 5.13 Å². The highest BCUT2D eigenvalue weighted by molar-refractivity contribution is 7.15. The molecule has 2 saturated heterocycles. The fourth-order valence-electron chi connectivity index (χ4n) is 3.06. The topological polar surface area (TPSA) is 57.3 Å². The molecule has 6 heteroatoms. The average molecular weight is 294 g/mol. The smallest absolute Gasteiger partial charge is 0.220 e. The lowest BCUT2D eigenvalue weighted by molar-refractivity contribution is -0.124. The number of hydrogen-bond donors (Lipinski definition) is 2. The van der Waals surface area contributed by atoms with Gasteiger partial charge in [-0.05, 0) is 25.3 Å². The standard InChI is InChI=1S/C14H22N4OS/c1-2-15-7-11-8-16-14(20-11)18-6-5-12-10(9-18)3-4-13(19)17-12/h8,10,12,15H,2-7,9H2,1H3,(H,17,19). The van der Waals surface area contributed by atoms with Crippen molar-refractivity contribution < 1.29 is 4.79 Å². The minimum atomic E-state index is 0.224. The number of amides is 1. The summed E-state index contributed by atoms with van der Waals surface area (Å²) in [7, 11) is 0. The largest absolute Gasteiger partial charge is 0.353 e. The van der Waals surface area contributed by atoms with Crippen molar-refractivity contribution in [1.82, 2.24) is 15.6 Å². The SMILES string of the molecule is CCNCc1cnc(N2CCC3NC(=O)CCC3C2)s1. The zero-order valence-corrected chi connectivity index (χ0v) is 12.7. The van der Waals surface area contributed by atoms with Gasteiger partial charge in [-0.1, -0.05) is 6.92 Å². The van der Waals surface area contributed by atoms with Crippen LogP contribution in [0.3, 0.4) is 0 Å². The summed E-state index contributed by atoms with van der Waals surface area (Å²) in [6.45, 7) is 6.03. The van der Waals surface area contributed by atoms with Crippen LogP contribution in [-0.2, 0) is 11.3 Å². The van der Waals surface area contributed by atoms with Crippen molar-refractivity contribution in [2.75, 3.05) is 24.5 Å². The highest BCUT2D eigenvalue weighted by atomic mass is 32.1. The van der Waals surface area contributed by atoms with E-state index < -0.39 is 0 Å². The monoisotopic (exact) mass is 294 g/mol. The number of nitrogens with zero attached hydrogens (tertiary/aromatic N) is 2. The predicted octanol–water partition coefficient (Wildman–Crippen LogP) is 1.36. The molecule has 1 aromatic rings. The zero-order valence-electron chi connectivity index (χ0n) is 11.9. The Morgan fingerprint density at radius 2 is 2.45 bits per heavy atom. The fraction of sp³-hybridized carbons (Fsp3) is 0.714. The number of fused-ring (bicyclic) bond motifs is 1. The van der Waals surface area contributed by atoms with Crippen molar-refractivity contribution in [2.45, 2.75) is 38.8 Å². The Balaban J connectivity index is 1.61. The lowest BCUT2D eigenvalue weighted by atomic mass is 9.85. The molecule has 110 valence electrons. The molecule has 2 N–H and O–H groups in total. The van der Waals surface area contributed by atoms with Crippen molar-refractivity contribution >= 4 is 22.4 Å². The molecule has 2 aliphatic heterocycles. The highest BCUT2D eigenvalue weighted by Gasteiger charge is 2.34. The molecule has 0 spiro atoms. The molecule has 2 unspecified atom stereocenters. The van der Waals surface area contributed by atoms with Crippen molar-refractivity contribution in [3.63, 3.8) is 0 Å². The second kappa shape index (κ2) is 6.10. The molecule has 5 nitrogen and oxygen atoms in total. The van der Waals surface area contributed by atoms with Crippen LogP contribution < -0.4 is 15.5 Å². The molecule has 20 heavy (non-hydrogen) atoms. The number of anilines is 1. The lowest BCUT2D eigenvalue weighted by Crippen LogP contribution is -2.54. The molecule has 0 saturated carbocycles. The molecule has 0 aliphatic carbocycles. The summed E-state index contributed by atoms with van der Waals surface area (Å²) in [6, 6.07) is 0.383. The molecule has 2 fully saturated rings. The molecular weight excluding hydrogens is 272 g/mol. The van der Waals surface area contributed by atoms with Gasteiger partial charge in [0.25, 0.3) is 0 Å². The summed E-state index contributed by atoms with van der Waals surface area (Å²) >= 11 is 1.78. The number of hydrogen-bond acceptors (Lipinski definition) is 5. The van der Waals surface area contributed by atoms with Gasteiger partial charge in [0.1, 0.15) is 0 Å². The van der Waals surface area contributed by atoms with E-state index >= 15 is 0 Å². The third-order valence-corrected chi connectivity index (χ3v) is 5.24. The minimum absolute atomic E-state index is 0.224. The van der Waals surface area contributed by atoms with Gasteiger partial charge in [-0.25, -0.2) is 4.98 Å². The Morgan fingerprint density at radius 1 is 1.55 bits per heavy atom. The normalized spacial score (nSPS) is 26.2. The van der Waals surface area contributed by atoms with E-state index in [2.05, 4.69) is 27.4 Å². The van der Waals surface area contributed by atoms with Gasteiger partial charge in [0.2, 0.25) is 5.91 Å². The van der Waals surface area contributed by atoms with Gasteiger partial charge < -0.3 is 15.5 Å². The summed E-state index contributed by atoms with van der Waals surface area (Å²) in [5.74, 6) is 0.810. The van der Waals surface area contributed by atoms with Crippen molar-refractivity contribution in [3.05, 3.63) is 11.1 Å². The number of rotatable bonds is 4. The summed E-state index contributed by atoms with van der Waals surface area (Å²) in [4.78, 5) is 19.7. The molecule has 0 bridgehead atoms. The summed E-state index contributed by atoms with van der Waals surface area (Å²) in [5.41, 5.74) is 0. The van der Waals surface area contributed by atoms with Gasteiger partial charge in [-0.3, -0.25) is 4.79 Å². The van der Waals surface area contributed by atoms with E-state index in [0.717, 1.165) is 44.2 Å². The summed E-state index contributed by atoms with van der Waals surface area (Å²) in [5, 5.41) is 7.60. The van der Waals surface area contributed by atoms with Crippen LogP contribution in [0.2, 0.25) is 0 Å². The molecule has 3 rings (SSSR count). The van der Waals surface area contributed by atoms with Crippen LogP contribution >= 0.6 is 11.3 Å². The van der Waals surface area contributed by atoms with E-state index in [1.54, 1.807) is 11.3 Å². The Morgan fingerprint density at radius 3 is 3.30 bits per heavy atom. The molecule has 1 amide bonds. The Hall–Kier alpha value is -1.14. The van der Waals surface area contributed by atoms with E-state index in [4.69, 9.17) is 0 Å². The third kappa shape index (κ3) is 2.96. The maximum absolute atomic E-state index is 11.4. The predicted molar refractivity (Wildman–Crippen MR) is 81.0 cm³/mol. The first-order chi connectivity index (χ1) is 9.76. The van der Waals surface area contributed by atoms with E-state index in [1.807, 2.05) is 6.20 Å². The summed E-state index contributed by atoms with van der Waals surface area (Å²) < 4.78 is 0. The van der Waals surface area contributed by atoms with E-state index in [9.17, 15) is 4.79 Å². The van der Waals surface area contributed by atoms with Crippen molar-refractivity contribution in [2.24, 2.45) is 5.92 Å². The van der Waals surface area contributed by atoms with Gasteiger partial charge in [0.05, 0.1) is 0 Å². The minimum Gasteiger partial charge on any atom is -0.353 e. The number of carbonyl (C=O) groups excluding carboxylic acids is 1. The van der Waals surface area contributed by atoms with Gasteiger partial charge in [-0.2, -0.15) is 0 Å². The number of carbonyl (C=O) groups is 1. The Bertz CT molecular complexity index is 475. The fourth-order valence-corrected chi connectivity index (χ4v) is 3.97. The van der Waals surface area contributed by atoms with Crippen LogP contribution in [0.5, 0.6) is 0 Å². The van der Waals surface area contributed by atoms with Crippen LogP contribution in [0.15, 0.2) is 6.20 Å². The van der Waals surface area contributed by atoms with Crippen LogP contribution in [0.1, 0.15) is 31.1 Å². The molecule has 0 radical (unpaired) electrons. The molecular formula is C14H22N4OS.